The zero-order chi connectivity index (χ0) is 16.1. The van der Waals surface area contributed by atoms with Gasteiger partial charge in [-0.05, 0) is 43.3 Å². The van der Waals surface area contributed by atoms with Gasteiger partial charge in [0.2, 0.25) is 0 Å². The van der Waals surface area contributed by atoms with E-state index in [4.69, 9.17) is 4.99 Å². The van der Waals surface area contributed by atoms with Crippen LogP contribution in [0.1, 0.15) is 11.1 Å². The molecule has 0 aliphatic carbocycles. The molecular weight excluding hydrogens is 348 g/mol. The number of hydrogen-bond donors (Lipinski definition) is 1. The molecule has 0 unspecified atom stereocenters. The predicted molar refractivity (Wildman–Crippen MR) is 102 cm³/mol. The molecule has 0 saturated heterocycles. The Morgan fingerprint density at radius 1 is 0.826 bits per heavy atom. The Labute approximate surface area is 145 Å². The maximum atomic E-state index is 4.78. The number of rotatable bonds is 3. The van der Waals surface area contributed by atoms with Gasteiger partial charge in [0.15, 0.2) is 0 Å². The fraction of sp³-hybridized carbons (Fsp3) is 0.0500. The second-order valence-corrected chi connectivity index (χ2v) is 6.21. The number of benzene rings is 3. The number of aliphatic imine (C=N–C) groups is 1. The molecule has 2 nitrogen and oxygen atoms in total. The third kappa shape index (κ3) is 4.30. The standard InChI is InChI=1S/C20H17BrN2/c1-15-7-9-16(10-8-15)20(22-18-5-3-2-4-6-18)23-19-13-11-17(21)12-14-19/h2-14H,1H3,(H,22,23). The largest absolute Gasteiger partial charge is 0.340 e. The van der Waals surface area contributed by atoms with E-state index < -0.39 is 0 Å². The first kappa shape index (κ1) is 15.5. The quantitative estimate of drug-likeness (QED) is 0.450. The number of aryl methyl sites for hydroxylation is 1. The lowest BCUT2D eigenvalue weighted by molar-refractivity contribution is 1.43. The van der Waals surface area contributed by atoms with Crippen molar-refractivity contribution in [3.05, 3.63) is 94.5 Å². The number of nitrogens with zero attached hydrogens (tertiary/aromatic N) is 1. The highest BCUT2D eigenvalue weighted by Crippen LogP contribution is 2.19. The van der Waals surface area contributed by atoms with Crippen molar-refractivity contribution in [3.8, 4) is 0 Å². The number of halogens is 1. The highest BCUT2D eigenvalue weighted by Gasteiger charge is 2.05. The maximum Gasteiger partial charge on any atom is 0.138 e. The van der Waals surface area contributed by atoms with Gasteiger partial charge in [0.1, 0.15) is 5.84 Å². The normalized spacial score (nSPS) is 11.3. The van der Waals surface area contributed by atoms with E-state index in [1.807, 2.05) is 54.6 Å². The van der Waals surface area contributed by atoms with Crippen LogP contribution in [0, 0.1) is 6.92 Å². The average molecular weight is 365 g/mol. The molecule has 0 amide bonds. The second-order valence-electron chi connectivity index (χ2n) is 5.29. The summed E-state index contributed by atoms with van der Waals surface area (Å²) in [6.07, 6.45) is 0. The Morgan fingerprint density at radius 2 is 1.48 bits per heavy atom. The van der Waals surface area contributed by atoms with E-state index in [0.717, 1.165) is 27.2 Å². The van der Waals surface area contributed by atoms with E-state index >= 15 is 0 Å². The summed E-state index contributed by atoms with van der Waals surface area (Å²) in [5, 5.41) is 3.42. The van der Waals surface area contributed by atoms with Crippen LogP contribution in [0.3, 0.4) is 0 Å². The Kier molecular flexibility index (Phi) is 4.89. The summed E-state index contributed by atoms with van der Waals surface area (Å²) in [6, 6.07) is 26.4. The van der Waals surface area contributed by atoms with Gasteiger partial charge >= 0.3 is 0 Å². The molecule has 23 heavy (non-hydrogen) atoms. The number of amidine groups is 1. The van der Waals surface area contributed by atoms with E-state index in [9.17, 15) is 0 Å². The van der Waals surface area contributed by atoms with Crippen molar-refractivity contribution in [2.24, 2.45) is 4.99 Å². The smallest absolute Gasteiger partial charge is 0.138 e. The van der Waals surface area contributed by atoms with Crippen LogP contribution in [0.2, 0.25) is 0 Å². The molecule has 0 fully saturated rings. The van der Waals surface area contributed by atoms with Crippen molar-refractivity contribution in [1.82, 2.24) is 0 Å². The molecule has 1 N–H and O–H groups in total. The lowest BCUT2D eigenvalue weighted by Crippen LogP contribution is -2.13. The highest BCUT2D eigenvalue weighted by molar-refractivity contribution is 9.10. The first-order chi connectivity index (χ1) is 11.2. The molecule has 0 heterocycles. The molecule has 3 rings (SSSR count). The second kappa shape index (κ2) is 7.25. The van der Waals surface area contributed by atoms with Crippen molar-refractivity contribution in [1.29, 1.82) is 0 Å². The fourth-order valence-corrected chi connectivity index (χ4v) is 2.44. The van der Waals surface area contributed by atoms with Crippen LogP contribution >= 0.6 is 15.9 Å². The SMILES string of the molecule is Cc1ccc(C(=Nc2ccc(Br)cc2)Nc2ccccc2)cc1. The zero-order valence-corrected chi connectivity index (χ0v) is 14.4. The first-order valence-electron chi connectivity index (χ1n) is 7.44. The monoisotopic (exact) mass is 364 g/mol. The lowest BCUT2D eigenvalue weighted by atomic mass is 10.1. The summed E-state index contributed by atoms with van der Waals surface area (Å²) >= 11 is 3.45. The lowest BCUT2D eigenvalue weighted by Gasteiger charge is -2.11. The molecular formula is C20H17BrN2. The Balaban J connectivity index is 1.98. The molecule has 0 aliphatic heterocycles. The van der Waals surface area contributed by atoms with Crippen LogP contribution in [0.5, 0.6) is 0 Å². The Bertz CT molecular complexity index is 791. The van der Waals surface area contributed by atoms with Gasteiger partial charge in [-0.15, -0.1) is 0 Å². The summed E-state index contributed by atoms with van der Waals surface area (Å²) in [4.78, 5) is 4.78. The third-order valence-electron chi connectivity index (χ3n) is 3.43. The van der Waals surface area contributed by atoms with E-state index in [1.54, 1.807) is 0 Å². The fourth-order valence-electron chi connectivity index (χ4n) is 2.18. The molecule has 114 valence electrons. The van der Waals surface area contributed by atoms with E-state index in [2.05, 4.69) is 52.4 Å². The molecule has 0 saturated carbocycles. The van der Waals surface area contributed by atoms with Gasteiger partial charge in [0.25, 0.3) is 0 Å². The van der Waals surface area contributed by atoms with Crippen molar-refractivity contribution < 1.29 is 0 Å². The number of para-hydroxylation sites is 1. The zero-order valence-electron chi connectivity index (χ0n) is 12.8. The van der Waals surface area contributed by atoms with Crippen LogP contribution in [0.15, 0.2) is 88.3 Å². The minimum Gasteiger partial charge on any atom is -0.340 e. The van der Waals surface area contributed by atoms with E-state index in [0.29, 0.717) is 0 Å². The molecule has 0 atom stereocenters. The van der Waals surface area contributed by atoms with Gasteiger partial charge < -0.3 is 5.32 Å². The molecule has 3 heteroatoms. The Morgan fingerprint density at radius 3 is 2.13 bits per heavy atom. The average Bonchev–Trinajstić information content (AvgIpc) is 2.58. The summed E-state index contributed by atoms with van der Waals surface area (Å²) in [5.41, 5.74) is 4.22. The van der Waals surface area contributed by atoms with Crippen LogP contribution in [-0.4, -0.2) is 5.84 Å². The van der Waals surface area contributed by atoms with E-state index in [-0.39, 0.29) is 0 Å². The Hall–Kier alpha value is -2.39. The molecule has 3 aromatic rings. The highest BCUT2D eigenvalue weighted by atomic mass is 79.9. The summed E-state index contributed by atoms with van der Waals surface area (Å²) in [7, 11) is 0. The van der Waals surface area contributed by atoms with Crippen molar-refractivity contribution >= 4 is 33.1 Å². The molecule has 0 spiro atoms. The first-order valence-corrected chi connectivity index (χ1v) is 8.23. The van der Waals surface area contributed by atoms with Gasteiger partial charge in [-0.2, -0.15) is 0 Å². The summed E-state index contributed by atoms with van der Waals surface area (Å²) in [5.74, 6) is 0.832. The molecule has 0 aromatic heterocycles. The third-order valence-corrected chi connectivity index (χ3v) is 3.96. The van der Waals surface area contributed by atoms with Crippen molar-refractivity contribution in [3.63, 3.8) is 0 Å². The van der Waals surface area contributed by atoms with Gasteiger partial charge in [0.05, 0.1) is 5.69 Å². The van der Waals surface area contributed by atoms with Gasteiger partial charge in [-0.1, -0.05) is 64.0 Å². The molecule has 0 radical (unpaired) electrons. The molecule has 0 bridgehead atoms. The molecule has 3 aromatic carbocycles. The van der Waals surface area contributed by atoms with Crippen LogP contribution in [0.4, 0.5) is 11.4 Å². The number of hydrogen-bond acceptors (Lipinski definition) is 1. The van der Waals surface area contributed by atoms with Gasteiger partial charge in [-0.25, -0.2) is 4.99 Å². The minimum absolute atomic E-state index is 0.832. The van der Waals surface area contributed by atoms with E-state index in [1.165, 1.54) is 5.56 Å². The summed E-state index contributed by atoms with van der Waals surface area (Å²) < 4.78 is 1.05. The summed E-state index contributed by atoms with van der Waals surface area (Å²) in [6.45, 7) is 2.08. The van der Waals surface area contributed by atoms with Gasteiger partial charge in [-0.3, -0.25) is 0 Å². The minimum atomic E-state index is 0.832. The number of anilines is 1. The van der Waals surface area contributed by atoms with Crippen LogP contribution in [0.25, 0.3) is 0 Å². The van der Waals surface area contributed by atoms with Crippen LogP contribution in [-0.2, 0) is 0 Å². The topological polar surface area (TPSA) is 24.4 Å². The van der Waals surface area contributed by atoms with Gasteiger partial charge in [0, 0.05) is 15.7 Å². The maximum absolute atomic E-state index is 4.78. The van der Waals surface area contributed by atoms with Crippen molar-refractivity contribution in [2.75, 3.05) is 5.32 Å². The van der Waals surface area contributed by atoms with Crippen molar-refractivity contribution in [2.45, 2.75) is 6.92 Å². The predicted octanol–water partition coefficient (Wildman–Crippen LogP) is 5.95. The molecule has 0 aliphatic rings. The van der Waals surface area contributed by atoms with Crippen LogP contribution < -0.4 is 5.32 Å². The number of nitrogens with one attached hydrogen (secondary N) is 1.